The van der Waals surface area contributed by atoms with Crippen molar-refractivity contribution in [1.82, 2.24) is 5.32 Å². The molecule has 178 valence electrons. The molecule has 0 heterocycles. The minimum Gasteiger partial charge on any atom is -0.493 e. The van der Waals surface area contributed by atoms with E-state index in [2.05, 4.69) is 33.2 Å². The Morgan fingerprint density at radius 2 is 1.86 bits per heavy atom. The fourth-order valence-electron chi connectivity index (χ4n) is 3.21. The highest BCUT2D eigenvalue weighted by Crippen LogP contribution is 2.34. The van der Waals surface area contributed by atoms with Crippen molar-refractivity contribution in [3.8, 4) is 17.6 Å². The molecule has 0 atom stereocenters. The molecule has 2 N–H and O–H groups in total. The number of ether oxygens (including phenoxy) is 2. The number of carbonyl (C=O) groups is 2. The number of nitriles is 1. The van der Waals surface area contributed by atoms with Gasteiger partial charge >= 0.3 is 0 Å². The van der Waals surface area contributed by atoms with Crippen molar-refractivity contribution in [1.29, 1.82) is 5.26 Å². The maximum absolute atomic E-state index is 12.5. The summed E-state index contributed by atoms with van der Waals surface area (Å²) in [7, 11) is 1.48. The SMILES string of the molecule is COc1cc(/C=C(\C#N)C(=O)NCc2ccccc2)cc(I)c1OCC(=O)Nc1cccc(C)c1. The van der Waals surface area contributed by atoms with E-state index in [1.165, 1.54) is 13.2 Å². The van der Waals surface area contributed by atoms with Gasteiger partial charge in [0.25, 0.3) is 11.8 Å². The van der Waals surface area contributed by atoms with Gasteiger partial charge in [0.1, 0.15) is 11.6 Å². The molecule has 0 radical (unpaired) electrons. The van der Waals surface area contributed by atoms with Gasteiger partial charge in [0.05, 0.1) is 10.7 Å². The van der Waals surface area contributed by atoms with Crippen LogP contribution in [0.4, 0.5) is 5.69 Å². The van der Waals surface area contributed by atoms with E-state index in [1.54, 1.807) is 18.2 Å². The monoisotopic (exact) mass is 581 g/mol. The van der Waals surface area contributed by atoms with Crippen molar-refractivity contribution in [2.75, 3.05) is 19.0 Å². The minimum atomic E-state index is -0.474. The van der Waals surface area contributed by atoms with Gasteiger partial charge in [-0.2, -0.15) is 5.26 Å². The minimum absolute atomic E-state index is 0.0371. The van der Waals surface area contributed by atoms with E-state index in [9.17, 15) is 14.9 Å². The van der Waals surface area contributed by atoms with E-state index in [0.29, 0.717) is 32.9 Å². The number of amides is 2. The van der Waals surface area contributed by atoms with Gasteiger partial charge in [-0.05, 0) is 76.5 Å². The molecule has 0 unspecified atom stereocenters. The summed E-state index contributed by atoms with van der Waals surface area (Å²) in [6, 6.07) is 22.3. The number of halogens is 1. The van der Waals surface area contributed by atoms with E-state index in [1.807, 2.05) is 61.5 Å². The van der Waals surface area contributed by atoms with Gasteiger partial charge in [-0.1, -0.05) is 42.5 Å². The molecule has 8 heteroatoms. The predicted molar refractivity (Wildman–Crippen MR) is 143 cm³/mol. The fourth-order valence-corrected chi connectivity index (χ4v) is 3.99. The summed E-state index contributed by atoms with van der Waals surface area (Å²) in [6.45, 7) is 2.05. The number of aryl methyl sites for hydroxylation is 1. The molecule has 0 spiro atoms. The molecular formula is C27H24IN3O4. The highest BCUT2D eigenvalue weighted by atomic mass is 127. The topological polar surface area (TPSA) is 100 Å². The van der Waals surface area contributed by atoms with Gasteiger partial charge in [0.2, 0.25) is 0 Å². The van der Waals surface area contributed by atoms with Gasteiger partial charge in [-0.3, -0.25) is 9.59 Å². The quantitative estimate of drug-likeness (QED) is 0.214. The first-order valence-electron chi connectivity index (χ1n) is 10.7. The van der Waals surface area contributed by atoms with E-state index in [4.69, 9.17) is 9.47 Å². The number of carbonyl (C=O) groups excluding carboxylic acids is 2. The van der Waals surface area contributed by atoms with Gasteiger partial charge < -0.3 is 20.1 Å². The third-order valence-corrected chi connectivity index (χ3v) is 5.67. The van der Waals surface area contributed by atoms with Gasteiger partial charge in [-0.15, -0.1) is 0 Å². The lowest BCUT2D eigenvalue weighted by molar-refractivity contribution is -0.118. The van der Waals surface area contributed by atoms with Crippen molar-refractivity contribution in [2.24, 2.45) is 0 Å². The first-order chi connectivity index (χ1) is 16.9. The normalized spacial score (nSPS) is 10.7. The second-order valence-corrected chi connectivity index (χ2v) is 8.74. The van der Waals surface area contributed by atoms with Gasteiger partial charge in [-0.25, -0.2) is 0 Å². The average Bonchev–Trinajstić information content (AvgIpc) is 2.85. The Labute approximate surface area is 217 Å². The number of hydrogen-bond acceptors (Lipinski definition) is 5. The Bertz CT molecular complexity index is 1280. The van der Waals surface area contributed by atoms with Crippen LogP contribution in [0.1, 0.15) is 16.7 Å². The first-order valence-corrected chi connectivity index (χ1v) is 11.8. The predicted octanol–water partition coefficient (Wildman–Crippen LogP) is 4.85. The Morgan fingerprint density at radius 1 is 1.09 bits per heavy atom. The largest absolute Gasteiger partial charge is 0.493 e. The standard InChI is InChI=1S/C27H24IN3O4/c1-18-7-6-10-22(11-18)31-25(32)17-35-26-23(28)13-20(14-24(26)34-2)12-21(15-29)27(33)30-16-19-8-4-3-5-9-19/h3-14H,16-17H2,1-2H3,(H,30,33)(H,31,32)/b21-12+. The molecule has 0 aromatic heterocycles. The maximum Gasteiger partial charge on any atom is 0.262 e. The molecule has 0 aliphatic heterocycles. The second kappa shape index (κ2) is 12.6. The van der Waals surface area contributed by atoms with Crippen LogP contribution in [0.5, 0.6) is 11.5 Å². The zero-order chi connectivity index (χ0) is 25.2. The maximum atomic E-state index is 12.5. The Morgan fingerprint density at radius 3 is 2.54 bits per heavy atom. The van der Waals surface area contributed by atoms with Gasteiger partial charge in [0.15, 0.2) is 18.1 Å². The van der Waals surface area contributed by atoms with Crippen molar-refractivity contribution in [3.63, 3.8) is 0 Å². The summed E-state index contributed by atoms with van der Waals surface area (Å²) in [5, 5.41) is 15.1. The summed E-state index contributed by atoms with van der Waals surface area (Å²) in [6.07, 6.45) is 1.49. The molecule has 0 saturated carbocycles. The molecule has 0 bridgehead atoms. The highest BCUT2D eigenvalue weighted by Gasteiger charge is 2.15. The summed E-state index contributed by atoms with van der Waals surface area (Å²) >= 11 is 2.06. The molecule has 35 heavy (non-hydrogen) atoms. The van der Waals surface area contributed by atoms with E-state index >= 15 is 0 Å². The molecule has 0 aliphatic rings. The van der Waals surface area contributed by atoms with E-state index in [-0.39, 0.29) is 18.1 Å². The van der Waals surface area contributed by atoms with E-state index < -0.39 is 5.91 Å². The zero-order valence-electron chi connectivity index (χ0n) is 19.3. The third-order valence-electron chi connectivity index (χ3n) is 4.87. The number of methoxy groups -OCH3 is 1. The number of rotatable bonds is 9. The highest BCUT2D eigenvalue weighted by molar-refractivity contribution is 14.1. The van der Waals surface area contributed by atoms with Crippen molar-refractivity contribution in [3.05, 3.63) is 92.6 Å². The average molecular weight is 581 g/mol. The van der Waals surface area contributed by atoms with Crippen LogP contribution in [0.15, 0.2) is 72.3 Å². The van der Waals surface area contributed by atoms with Crippen molar-refractivity contribution < 1.29 is 19.1 Å². The Balaban J connectivity index is 1.69. The fraction of sp³-hybridized carbons (Fsp3) is 0.148. The molecule has 0 aliphatic carbocycles. The van der Waals surface area contributed by atoms with E-state index in [0.717, 1.165) is 11.1 Å². The van der Waals surface area contributed by atoms with Crippen LogP contribution in [-0.4, -0.2) is 25.5 Å². The number of benzene rings is 3. The van der Waals surface area contributed by atoms with Crippen LogP contribution >= 0.6 is 22.6 Å². The van der Waals surface area contributed by atoms with Crippen LogP contribution in [0.3, 0.4) is 0 Å². The molecule has 0 fully saturated rings. The molecule has 7 nitrogen and oxygen atoms in total. The first kappa shape index (κ1) is 25.8. The lowest BCUT2D eigenvalue weighted by Gasteiger charge is -2.14. The summed E-state index contributed by atoms with van der Waals surface area (Å²) in [4.78, 5) is 24.8. The molecule has 2 amide bonds. The van der Waals surface area contributed by atoms with Crippen LogP contribution in [-0.2, 0) is 16.1 Å². The van der Waals surface area contributed by atoms with Crippen LogP contribution in [0, 0.1) is 21.8 Å². The van der Waals surface area contributed by atoms with Crippen LogP contribution in [0.25, 0.3) is 6.08 Å². The lowest BCUT2D eigenvalue weighted by atomic mass is 10.1. The zero-order valence-corrected chi connectivity index (χ0v) is 21.5. The molecule has 3 rings (SSSR count). The number of nitrogens with zero attached hydrogens (tertiary/aromatic N) is 1. The van der Waals surface area contributed by atoms with Gasteiger partial charge in [0, 0.05) is 12.2 Å². The summed E-state index contributed by atoms with van der Waals surface area (Å²) in [5.41, 5.74) is 3.21. The smallest absolute Gasteiger partial charge is 0.262 e. The molecule has 3 aromatic carbocycles. The molecule has 3 aromatic rings. The summed E-state index contributed by atoms with van der Waals surface area (Å²) in [5.74, 6) is 0.00271. The molecular weight excluding hydrogens is 557 g/mol. The number of anilines is 1. The van der Waals surface area contributed by atoms with Crippen molar-refractivity contribution >= 4 is 46.2 Å². The van der Waals surface area contributed by atoms with Crippen LogP contribution < -0.4 is 20.1 Å². The second-order valence-electron chi connectivity index (χ2n) is 7.58. The number of hydrogen-bond donors (Lipinski definition) is 2. The number of nitrogens with one attached hydrogen (secondary N) is 2. The Hall–Kier alpha value is -3.84. The van der Waals surface area contributed by atoms with Crippen molar-refractivity contribution in [2.45, 2.75) is 13.5 Å². The molecule has 0 saturated heterocycles. The van der Waals surface area contributed by atoms with Crippen LogP contribution in [0.2, 0.25) is 0 Å². The summed E-state index contributed by atoms with van der Waals surface area (Å²) < 4.78 is 11.8. The third kappa shape index (κ3) is 7.58. The lowest BCUT2D eigenvalue weighted by Crippen LogP contribution is -2.23. The Kier molecular flexibility index (Phi) is 9.26.